The van der Waals surface area contributed by atoms with Crippen molar-refractivity contribution >= 4 is 21.8 Å². The molecular weight excluding hydrogens is 325 g/mol. The molecule has 0 bridgehead atoms. The summed E-state index contributed by atoms with van der Waals surface area (Å²) in [5.74, 6) is -0.800. The van der Waals surface area contributed by atoms with Crippen LogP contribution < -0.4 is 0 Å². The number of nitrogens with zero attached hydrogens (tertiary/aromatic N) is 1. The van der Waals surface area contributed by atoms with Gasteiger partial charge in [-0.2, -0.15) is 0 Å². The standard InChI is InChI=1S/C15H19BrFNO2/c1-14(2)8-18(9-15(3,4)20-14)13(19)11-6-5-10(16)7-12(11)17/h5-7H,8-9H2,1-4H3. The molecule has 0 aliphatic carbocycles. The number of morpholine rings is 1. The van der Waals surface area contributed by atoms with Gasteiger partial charge in [-0.15, -0.1) is 0 Å². The molecule has 1 amide bonds. The summed E-state index contributed by atoms with van der Waals surface area (Å²) in [6.45, 7) is 8.64. The van der Waals surface area contributed by atoms with Gasteiger partial charge in [-0.05, 0) is 45.9 Å². The van der Waals surface area contributed by atoms with Gasteiger partial charge in [-0.3, -0.25) is 4.79 Å². The molecule has 20 heavy (non-hydrogen) atoms. The summed E-state index contributed by atoms with van der Waals surface area (Å²) in [5, 5.41) is 0. The Morgan fingerprint density at radius 1 is 1.25 bits per heavy atom. The quantitative estimate of drug-likeness (QED) is 0.779. The lowest BCUT2D eigenvalue weighted by molar-refractivity contribution is -0.171. The van der Waals surface area contributed by atoms with E-state index < -0.39 is 17.0 Å². The third kappa shape index (κ3) is 3.38. The Morgan fingerprint density at radius 2 is 1.80 bits per heavy atom. The molecule has 1 aromatic rings. The van der Waals surface area contributed by atoms with E-state index in [0.717, 1.165) is 0 Å². The second kappa shape index (κ2) is 5.11. The highest BCUT2D eigenvalue weighted by atomic mass is 79.9. The molecule has 0 spiro atoms. The molecule has 5 heteroatoms. The van der Waals surface area contributed by atoms with Crippen molar-refractivity contribution in [1.82, 2.24) is 4.90 Å². The van der Waals surface area contributed by atoms with Crippen molar-refractivity contribution in [3.63, 3.8) is 0 Å². The minimum Gasteiger partial charge on any atom is -0.366 e. The van der Waals surface area contributed by atoms with Crippen LogP contribution in [-0.2, 0) is 4.74 Å². The molecule has 1 aliphatic rings. The maximum Gasteiger partial charge on any atom is 0.257 e. The molecule has 0 saturated carbocycles. The smallest absolute Gasteiger partial charge is 0.257 e. The second-order valence-electron chi connectivity index (χ2n) is 6.41. The molecule has 0 aromatic heterocycles. The number of amides is 1. The average Bonchev–Trinajstić information content (AvgIpc) is 2.23. The molecule has 1 aromatic carbocycles. The van der Waals surface area contributed by atoms with Gasteiger partial charge >= 0.3 is 0 Å². The number of rotatable bonds is 1. The number of halogens is 2. The van der Waals surface area contributed by atoms with E-state index in [1.807, 2.05) is 27.7 Å². The Balaban J connectivity index is 2.28. The topological polar surface area (TPSA) is 29.5 Å². The van der Waals surface area contributed by atoms with E-state index in [1.54, 1.807) is 11.0 Å². The Labute approximate surface area is 127 Å². The van der Waals surface area contributed by atoms with Gasteiger partial charge in [0.1, 0.15) is 5.82 Å². The van der Waals surface area contributed by atoms with Crippen LogP contribution in [0.25, 0.3) is 0 Å². The fourth-order valence-electron chi connectivity index (χ4n) is 2.76. The van der Waals surface area contributed by atoms with Crippen LogP contribution in [0.2, 0.25) is 0 Å². The van der Waals surface area contributed by atoms with Crippen LogP contribution >= 0.6 is 15.9 Å². The Hall–Kier alpha value is -0.940. The van der Waals surface area contributed by atoms with Crippen molar-refractivity contribution in [1.29, 1.82) is 0 Å². The Kier molecular flexibility index (Phi) is 3.95. The number of benzene rings is 1. The fraction of sp³-hybridized carbons (Fsp3) is 0.533. The van der Waals surface area contributed by atoms with Gasteiger partial charge in [-0.25, -0.2) is 4.39 Å². The van der Waals surface area contributed by atoms with Gasteiger partial charge in [-0.1, -0.05) is 15.9 Å². The molecule has 3 nitrogen and oxygen atoms in total. The van der Waals surface area contributed by atoms with E-state index in [0.29, 0.717) is 17.6 Å². The van der Waals surface area contributed by atoms with Crippen LogP contribution in [0.3, 0.4) is 0 Å². The zero-order chi connectivity index (χ0) is 15.1. The zero-order valence-corrected chi connectivity index (χ0v) is 13.8. The van der Waals surface area contributed by atoms with E-state index in [2.05, 4.69) is 15.9 Å². The molecule has 1 heterocycles. The summed E-state index contributed by atoms with van der Waals surface area (Å²) in [6, 6.07) is 4.49. The predicted octanol–water partition coefficient (Wildman–Crippen LogP) is 3.62. The molecule has 1 aliphatic heterocycles. The molecule has 110 valence electrons. The summed E-state index contributed by atoms with van der Waals surface area (Å²) in [7, 11) is 0. The maximum absolute atomic E-state index is 13.9. The lowest BCUT2D eigenvalue weighted by atomic mass is 9.98. The lowest BCUT2D eigenvalue weighted by Crippen LogP contribution is -2.58. The van der Waals surface area contributed by atoms with Gasteiger partial charge in [0.25, 0.3) is 5.91 Å². The van der Waals surface area contributed by atoms with Gasteiger partial charge in [0.05, 0.1) is 16.8 Å². The van der Waals surface area contributed by atoms with Crippen molar-refractivity contribution in [2.45, 2.75) is 38.9 Å². The number of carbonyl (C=O) groups is 1. The lowest BCUT2D eigenvalue weighted by Gasteiger charge is -2.47. The SMILES string of the molecule is CC1(C)CN(C(=O)c2ccc(Br)cc2F)CC(C)(C)O1. The first-order valence-electron chi connectivity index (χ1n) is 6.54. The van der Waals surface area contributed by atoms with Gasteiger partial charge in [0.2, 0.25) is 0 Å². The molecule has 1 saturated heterocycles. The first kappa shape index (κ1) is 15.4. The molecule has 2 rings (SSSR count). The monoisotopic (exact) mass is 343 g/mol. The third-order valence-electron chi connectivity index (χ3n) is 3.14. The molecule has 1 fully saturated rings. The summed E-state index contributed by atoms with van der Waals surface area (Å²) in [4.78, 5) is 14.2. The summed E-state index contributed by atoms with van der Waals surface area (Å²) < 4.78 is 20.5. The normalized spacial score (nSPS) is 20.8. The summed E-state index contributed by atoms with van der Waals surface area (Å²) in [5.41, 5.74) is -0.784. The number of ether oxygens (including phenoxy) is 1. The van der Waals surface area contributed by atoms with Gasteiger partial charge < -0.3 is 9.64 Å². The minimum absolute atomic E-state index is 0.0988. The van der Waals surface area contributed by atoms with Crippen molar-refractivity contribution < 1.29 is 13.9 Å². The number of hydrogen-bond donors (Lipinski definition) is 0. The van der Waals surface area contributed by atoms with E-state index in [9.17, 15) is 9.18 Å². The summed E-state index contributed by atoms with van der Waals surface area (Å²) >= 11 is 3.19. The van der Waals surface area contributed by atoms with Crippen molar-refractivity contribution in [3.8, 4) is 0 Å². The van der Waals surface area contributed by atoms with Crippen molar-refractivity contribution in [2.24, 2.45) is 0 Å². The van der Waals surface area contributed by atoms with Crippen LogP contribution in [0.4, 0.5) is 4.39 Å². The molecule has 0 atom stereocenters. The maximum atomic E-state index is 13.9. The average molecular weight is 344 g/mol. The number of hydrogen-bond acceptors (Lipinski definition) is 2. The third-order valence-corrected chi connectivity index (χ3v) is 3.64. The zero-order valence-electron chi connectivity index (χ0n) is 12.2. The van der Waals surface area contributed by atoms with Gasteiger partial charge in [0, 0.05) is 17.6 Å². The van der Waals surface area contributed by atoms with Crippen LogP contribution in [0.5, 0.6) is 0 Å². The highest BCUT2D eigenvalue weighted by molar-refractivity contribution is 9.10. The minimum atomic E-state index is -0.508. The highest BCUT2D eigenvalue weighted by Gasteiger charge is 2.40. The summed E-state index contributed by atoms with van der Waals surface area (Å²) in [6.07, 6.45) is 0. The van der Waals surface area contributed by atoms with E-state index in [4.69, 9.17) is 4.74 Å². The highest BCUT2D eigenvalue weighted by Crippen LogP contribution is 2.29. The molecular formula is C15H19BrFNO2. The molecule has 0 radical (unpaired) electrons. The first-order chi connectivity index (χ1) is 9.10. The predicted molar refractivity (Wildman–Crippen MR) is 79.2 cm³/mol. The number of carbonyl (C=O) groups excluding carboxylic acids is 1. The molecule has 0 unspecified atom stereocenters. The van der Waals surface area contributed by atoms with E-state index in [1.165, 1.54) is 12.1 Å². The van der Waals surface area contributed by atoms with Crippen LogP contribution in [-0.4, -0.2) is 35.1 Å². The Bertz CT molecular complexity index is 527. The fourth-order valence-corrected chi connectivity index (χ4v) is 3.10. The van der Waals surface area contributed by atoms with Gasteiger partial charge in [0.15, 0.2) is 0 Å². The van der Waals surface area contributed by atoms with E-state index in [-0.39, 0.29) is 11.5 Å². The van der Waals surface area contributed by atoms with Crippen molar-refractivity contribution in [2.75, 3.05) is 13.1 Å². The Morgan fingerprint density at radius 3 is 2.30 bits per heavy atom. The molecule has 0 N–H and O–H groups in total. The van der Waals surface area contributed by atoms with Crippen LogP contribution in [0.15, 0.2) is 22.7 Å². The second-order valence-corrected chi connectivity index (χ2v) is 7.32. The van der Waals surface area contributed by atoms with Crippen molar-refractivity contribution in [3.05, 3.63) is 34.1 Å². The largest absolute Gasteiger partial charge is 0.366 e. The van der Waals surface area contributed by atoms with Crippen LogP contribution in [0.1, 0.15) is 38.1 Å². The first-order valence-corrected chi connectivity index (χ1v) is 7.33. The van der Waals surface area contributed by atoms with E-state index >= 15 is 0 Å². The van der Waals surface area contributed by atoms with Crippen LogP contribution in [0, 0.1) is 5.82 Å².